The van der Waals surface area contributed by atoms with Crippen LogP contribution in [-0.2, 0) is 13.0 Å². The van der Waals surface area contributed by atoms with Gasteiger partial charge in [0.2, 0.25) is 0 Å². The molecule has 3 amide bonds. The number of benzene rings is 2. The van der Waals surface area contributed by atoms with Crippen molar-refractivity contribution in [2.45, 2.75) is 38.9 Å². The number of nitrogens with one attached hydrogen (secondary N) is 1. The zero-order chi connectivity index (χ0) is 18.8. The van der Waals surface area contributed by atoms with E-state index >= 15 is 0 Å². The topological polar surface area (TPSA) is 75.4 Å². The molecular formula is C20H22FN3O2. The van der Waals surface area contributed by atoms with Crippen molar-refractivity contribution >= 4 is 11.9 Å². The Morgan fingerprint density at radius 3 is 2.54 bits per heavy atom. The molecule has 2 aromatic rings. The maximum absolute atomic E-state index is 13.5. The SMILES string of the molecule is CC1Cc2cc(F)ccc2C(C)N1C(=O)c1ccc(CNC(N)=O)cc1. The summed E-state index contributed by atoms with van der Waals surface area (Å²) < 4.78 is 13.5. The molecule has 0 bridgehead atoms. The molecule has 1 heterocycles. The summed E-state index contributed by atoms with van der Waals surface area (Å²) in [4.78, 5) is 25.7. The number of nitrogens with zero attached hydrogens (tertiary/aromatic N) is 1. The van der Waals surface area contributed by atoms with Crippen molar-refractivity contribution in [1.29, 1.82) is 0 Å². The monoisotopic (exact) mass is 355 g/mol. The molecule has 6 heteroatoms. The molecule has 0 aliphatic carbocycles. The molecule has 2 unspecified atom stereocenters. The van der Waals surface area contributed by atoms with E-state index in [1.54, 1.807) is 36.4 Å². The van der Waals surface area contributed by atoms with E-state index in [9.17, 15) is 14.0 Å². The fourth-order valence-electron chi connectivity index (χ4n) is 3.59. The number of hydrogen-bond donors (Lipinski definition) is 2. The van der Waals surface area contributed by atoms with E-state index < -0.39 is 6.03 Å². The molecule has 0 fully saturated rings. The number of urea groups is 1. The highest BCUT2D eigenvalue weighted by Gasteiger charge is 2.33. The van der Waals surface area contributed by atoms with Gasteiger partial charge >= 0.3 is 6.03 Å². The second kappa shape index (κ2) is 7.15. The summed E-state index contributed by atoms with van der Waals surface area (Å²) in [7, 11) is 0. The predicted molar refractivity (Wildman–Crippen MR) is 97.0 cm³/mol. The van der Waals surface area contributed by atoms with Crippen LogP contribution in [0.15, 0.2) is 42.5 Å². The molecule has 0 spiro atoms. The Hall–Kier alpha value is -2.89. The number of halogens is 1. The van der Waals surface area contributed by atoms with Crippen molar-refractivity contribution in [3.63, 3.8) is 0 Å². The minimum absolute atomic E-state index is 0.0250. The molecule has 2 atom stereocenters. The van der Waals surface area contributed by atoms with Crippen LogP contribution >= 0.6 is 0 Å². The van der Waals surface area contributed by atoms with Crippen LogP contribution in [0.4, 0.5) is 9.18 Å². The molecule has 0 aromatic heterocycles. The summed E-state index contributed by atoms with van der Waals surface area (Å²) in [5, 5.41) is 2.52. The lowest BCUT2D eigenvalue weighted by molar-refractivity contribution is 0.0580. The molecule has 3 rings (SSSR count). The van der Waals surface area contributed by atoms with E-state index in [1.165, 1.54) is 6.07 Å². The van der Waals surface area contributed by atoms with Crippen molar-refractivity contribution in [2.75, 3.05) is 0 Å². The van der Waals surface area contributed by atoms with Crippen molar-refractivity contribution in [3.05, 3.63) is 70.5 Å². The van der Waals surface area contributed by atoms with Crippen molar-refractivity contribution in [1.82, 2.24) is 10.2 Å². The molecule has 3 N–H and O–H groups in total. The van der Waals surface area contributed by atoms with Crippen molar-refractivity contribution in [3.8, 4) is 0 Å². The zero-order valence-corrected chi connectivity index (χ0v) is 14.8. The third kappa shape index (κ3) is 3.54. The Morgan fingerprint density at radius 2 is 1.88 bits per heavy atom. The Kier molecular flexibility index (Phi) is 4.93. The Morgan fingerprint density at radius 1 is 1.19 bits per heavy atom. The van der Waals surface area contributed by atoms with Crippen molar-refractivity contribution < 1.29 is 14.0 Å². The summed E-state index contributed by atoms with van der Waals surface area (Å²) in [5.41, 5.74) is 8.45. The van der Waals surface area contributed by atoms with Gasteiger partial charge in [0.25, 0.3) is 5.91 Å². The summed E-state index contributed by atoms with van der Waals surface area (Å²) in [6.07, 6.45) is 0.629. The van der Waals surface area contributed by atoms with Gasteiger partial charge in [-0.2, -0.15) is 0 Å². The number of nitrogens with two attached hydrogens (primary N) is 1. The fraction of sp³-hybridized carbons (Fsp3) is 0.300. The van der Waals surface area contributed by atoms with E-state index in [2.05, 4.69) is 5.32 Å². The van der Waals surface area contributed by atoms with Crippen LogP contribution in [0.2, 0.25) is 0 Å². The zero-order valence-electron chi connectivity index (χ0n) is 14.8. The molecular weight excluding hydrogens is 333 g/mol. The highest BCUT2D eigenvalue weighted by atomic mass is 19.1. The van der Waals surface area contributed by atoms with E-state index in [4.69, 9.17) is 5.73 Å². The first-order valence-electron chi connectivity index (χ1n) is 8.60. The van der Waals surface area contributed by atoms with E-state index in [1.807, 2.05) is 18.7 Å². The van der Waals surface area contributed by atoms with Crippen LogP contribution in [0.1, 0.15) is 46.9 Å². The molecule has 26 heavy (non-hydrogen) atoms. The van der Waals surface area contributed by atoms with Gasteiger partial charge < -0.3 is 16.0 Å². The number of carbonyl (C=O) groups is 2. The molecule has 1 aliphatic heterocycles. The first-order valence-corrected chi connectivity index (χ1v) is 8.60. The largest absolute Gasteiger partial charge is 0.352 e. The van der Waals surface area contributed by atoms with Gasteiger partial charge in [-0.25, -0.2) is 9.18 Å². The summed E-state index contributed by atoms with van der Waals surface area (Å²) in [6, 6.07) is 11.1. The minimum atomic E-state index is -0.587. The summed E-state index contributed by atoms with van der Waals surface area (Å²) in [5.74, 6) is -0.308. The van der Waals surface area contributed by atoms with Gasteiger partial charge in [-0.1, -0.05) is 18.2 Å². The number of fused-ring (bicyclic) bond motifs is 1. The molecule has 1 aliphatic rings. The third-order valence-corrected chi connectivity index (χ3v) is 4.86. The van der Waals surface area contributed by atoms with Crippen LogP contribution < -0.4 is 11.1 Å². The van der Waals surface area contributed by atoms with Gasteiger partial charge in [-0.3, -0.25) is 4.79 Å². The summed E-state index contributed by atoms with van der Waals surface area (Å²) in [6.45, 7) is 4.27. The highest BCUT2D eigenvalue weighted by Crippen LogP contribution is 2.34. The number of amides is 3. The van der Waals surface area contributed by atoms with Gasteiger partial charge in [0, 0.05) is 18.2 Å². The number of hydrogen-bond acceptors (Lipinski definition) is 2. The van der Waals surface area contributed by atoms with Gasteiger partial charge in [0.1, 0.15) is 5.82 Å². The number of primary amides is 1. The first kappa shape index (κ1) is 17.9. The van der Waals surface area contributed by atoms with Crippen molar-refractivity contribution in [2.24, 2.45) is 5.73 Å². The summed E-state index contributed by atoms with van der Waals surface area (Å²) >= 11 is 0. The van der Waals surface area contributed by atoms with Gasteiger partial charge in [0.05, 0.1) is 6.04 Å². The molecule has 5 nitrogen and oxygen atoms in total. The first-order chi connectivity index (χ1) is 12.4. The van der Waals surface area contributed by atoms with Gasteiger partial charge in [0.15, 0.2) is 0 Å². The Labute approximate surface area is 152 Å². The smallest absolute Gasteiger partial charge is 0.312 e. The lowest BCUT2D eigenvalue weighted by Gasteiger charge is -2.40. The van der Waals surface area contributed by atoms with Crippen LogP contribution in [0.25, 0.3) is 0 Å². The van der Waals surface area contributed by atoms with Gasteiger partial charge in [-0.15, -0.1) is 0 Å². The maximum Gasteiger partial charge on any atom is 0.312 e. The normalized spacial score (nSPS) is 19.0. The lowest BCUT2D eigenvalue weighted by Crippen LogP contribution is -2.45. The highest BCUT2D eigenvalue weighted by molar-refractivity contribution is 5.95. The standard InChI is InChI=1S/C20H22FN3O2/c1-12-9-16-10-17(21)7-8-18(16)13(2)24(12)19(25)15-5-3-14(4-6-15)11-23-20(22)26/h3-8,10,12-13H,9,11H2,1-2H3,(H3,22,23,26). The number of carbonyl (C=O) groups excluding carboxylic acids is 2. The van der Waals surface area contributed by atoms with Gasteiger partial charge in [-0.05, 0) is 61.2 Å². The molecule has 0 saturated carbocycles. The average Bonchev–Trinajstić information content (AvgIpc) is 2.59. The second-order valence-corrected chi connectivity index (χ2v) is 6.70. The van der Waals surface area contributed by atoms with Crippen LogP contribution in [-0.4, -0.2) is 22.9 Å². The third-order valence-electron chi connectivity index (χ3n) is 4.86. The van der Waals surface area contributed by atoms with E-state index in [0.717, 1.165) is 16.7 Å². The maximum atomic E-state index is 13.5. The predicted octanol–water partition coefficient (Wildman–Crippen LogP) is 3.14. The number of rotatable bonds is 3. The molecule has 0 saturated heterocycles. The van der Waals surface area contributed by atoms with E-state index in [-0.39, 0.29) is 23.8 Å². The van der Waals surface area contributed by atoms with Crippen LogP contribution in [0.3, 0.4) is 0 Å². The quantitative estimate of drug-likeness (QED) is 0.887. The van der Waals surface area contributed by atoms with Crippen LogP contribution in [0, 0.1) is 5.82 Å². The Balaban J connectivity index is 1.80. The molecule has 2 aromatic carbocycles. The van der Waals surface area contributed by atoms with Crippen LogP contribution in [0.5, 0.6) is 0 Å². The lowest BCUT2D eigenvalue weighted by atomic mass is 9.88. The second-order valence-electron chi connectivity index (χ2n) is 6.70. The molecule has 136 valence electrons. The minimum Gasteiger partial charge on any atom is -0.352 e. The Bertz CT molecular complexity index is 835. The average molecular weight is 355 g/mol. The fourth-order valence-corrected chi connectivity index (χ4v) is 3.59. The van der Waals surface area contributed by atoms with E-state index in [0.29, 0.717) is 18.5 Å². The molecule has 0 radical (unpaired) electrons.